The number of hydrogen-bond acceptors (Lipinski definition) is 4. The highest BCUT2D eigenvalue weighted by molar-refractivity contribution is 5.80. The maximum Gasteiger partial charge on any atom is 0.411 e. The second kappa shape index (κ2) is 4.91. The van der Waals surface area contributed by atoms with Crippen LogP contribution < -0.4 is 0 Å². The molecule has 1 aliphatic rings. The summed E-state index contributed by atoms with van der Waals surface area (Å²) < 4.78 is 5.12. The summed E-state index contributed by atoms with van der Waals surface area (Å²) in [6.45, 7) is 5.13. The van der Waals surface area contributed by atoms with E-state index >= 15 is 0 Å². The summed E-state index contributed by atoms with van der Waals surface area (Å²) in [4.78, 5) is 23.9. The third kappa shape index (κ3) is 3.89. The van der Waals surface area contributed by atoms with Crippen LogP contribution in [0.1, 0.15) is 33.6 Å². The Morgan fingerprint density at radius 2 is 1.88 bits per heavy atom. The van der Waals surface area contributed by atoms with Gasteiger partial charge in [-0.2, -0.15) is 0 Å². The zero-order valence-corrected chi connectivity index (χ0v) is 10.3. The van der Waals surface area contributed by atoms with Gasteiger partial charge >= 0.3 is 12.1 Å². The highest BCUT2D eigenvalue weighted by atomic mass is 16.6. The summed E-state index contributed by atoms with van der Waals surface area (Å²) in [7, 11) is 0. The smallest absolute Gasteiger partial charge is 0.411 e. The normalized spacial score (nSPS) is 25.5. The number of β-amino-alcohol motifs (C(OH)–C–C–N with tert-alkyl or cyclic N) is 1. The highest BCUT2D eigenvalue weighted by Crippen LogP contribution is 2.20. The fraction of sp³-hybridized carbons (Fsp3) is 0.818. The number of aliphatic hydroxyl groups excluding tert-OH is 1. The Bertz CT molecular complexity index is 309. The number of carboxylic acids is 1. The van der Waals surface area contributed by atoms with Crippen LogP contribution in [0.15, 0.2) is 0 Å². The van der Waals surface area contributed by atoms with Crippen LogP contribution in [0.4, 0.5) is 4.79 Å². The lowest BCUT2D eigenvalue weighted by Crippen LogP contribution is -2.53. The number of aliphatic carboxylic acids is 1. The third-order valence-electron chi connectivity index (χ3n) is 2.47. The zero-order chi connectivity index (χ0) is 13.2. The Hall–Kier alpha value is -1.30. The number of ether oxygens (including phenoxy) is 1. The van der Waals surface area contributed by atoms with E-state index in [1.165, 1.54) is 0 Å². The first-order valence-corrected chi connectivity index (χ1v) is 5.61. The Balaban J connectivity index is 2.75. The molecule has 1 rings (SSSR count). The molecule has 1 aliphatic heterocycles. The Morgan fingerprint density at radius 1 is 1.29 bits per heavy atom. The van der Waals surface area contributed by atoms with Crippen molar-refractivity contribution in [3.8, 4) is 0 Å². The molecule has 1 amide bonds. The van der Waals surface area contributed by atoms with Crippen molar-refractivity contribution < 1.29 is 24.5 Å². The molecule has 98 valence electrons. The molecule has 6 heteroatoms. The van der Waals surface area contributed by atoms with E-state index in [0.717, 1.165) is 4.90 Å². The fourth-order valence-corrected chi connectivity index (χ4v) is 1.73. The van der Waals surface area contributed by atoms with Gasteiger partial charge in [0.1, 0.15) is 11.6 Å². The Kier molecular flexibility index (Phi) is 3.98. The summed E-state index contributed by atoms with van der Waals surface area (Å²) in [5.74, 6) is -1.07. The molecule has 0 aromatic rings. The van der Waals surface area contributed by atoms with Crippen molar-refractivity contribution in [2.75, 3.05) is 6.54 Å². The quantitative estimate of drug-likeness (QED) is 0.714. The fourth-order valence-electron chi connectivity index (χ4n) is 1.73. The predicted octanol–water partition coefficient (Wildman–Crippen LogP) is 0.831. The van der Waals surface area contributed by atoms with Crippen molar-refractivity contribution >= 4 is 12.1 Å². The van der Waals surface area contributed by atoms with Crippen LogP contribution in [0.3, 0.4) is 0 Å². The number of piperidine rings is 1. The van der Waals surface area contributed by atoms with Gasteiger partial charge in [0.05, 0.1) is 12.6 Å². The molecule has 2 atom stereocenters. The SMILES string of the molecule is CC(C)(C)OC(=O)N1C[C@H](O)CC[C@H]1C(=O)O. The summed E-state index contributed by atoms with van der Waals surface area (Å²) >= 11 is 0. The molecule has 1 heterocycles. The lowest BCUT2D eigenvalue weighted by Gasteiger charge is -2.36. The van der Waals surface area contributed by atoms with Crippen LogP contribution >= 0.6 is 0 Å². The van der Waals surface area contributed by atoms with Gasteiger partial charge in [-0.1, -0.05) is 0 Å². The summed E-state index contributed by atoms with van der Waals surface area (Å²) in [6, 6.07) is -0.909. The Morgan fingerprint density at radius 3 is 2.35 bits per heavy atom. The minimum Gasteiger partial charge on any atom is -0.480 e. The molecule has 0 radical (unpaired) electrons. The predicted molar refractivity (Wildman–Crippen MR) is 59.6 cm³/mol. The van der Waals surface area contributed by atoms with Gasteiger partial charge in [-0.15, -0.1) is 0 Å². The van der Waals surface area contributed by atoms with Crippen LogP contribution in [0.25, 0.3) is 0 Å². The largest absolute Gasteiger partial charge is 0.480 e. The standard InChI is InChI=1S/C11H19NO5/c1-11(2,3)17-10(16)12-6-7(13)4-5-8(12)9(14)15/h7-8,13H,4-6H2,1-3H3,(H,14,15)/t7-,8+/m1/s1. The lowest BCUT2D eigenvalue weighted by molar-refractivity contribution is -0.145. The van der Waals surface area contributed by atoms with E-state index in [4.69, 9.17) is 9.84 Å². The second-order valence-electron chi connectivity index (χ2n) is 5.22. The average molecular weight is 245 g/mol. The van der Waals surface area contributed by atoms with Gasteiger partial charge in [-0.25, -0.2) is 9.59 Å². The number of nitrogens with zero attached hydrogens (tertiary/aromatic N) is 1. The first kappa shape index (κ1) is 13.8. The highest BCUT2D eigenvalue weighted by Gasteiger charge is 2.37. The van der Waals surface area contributed by atoms with Crippen molar-refractivity contribution in [1.82, 2.24) is 4.90 Å². The maximum absolute atomic E-state index is 11.8. The van der Waals surface area contributed by atoms with Gasteiger partial charge in [0.25, 0.3) is 0 Å². The molecule has 0 spiro atoms. The molecule has 0 bridgehead atoms. The minimum atomic E-state index is -1.07. The maximum atomic E-state index is 11.8. The van der Waals surface area contributed by atoms with Crippen LogP contribution in [0, 0.1) is 0 Å². The molecule has 1 saturated heterocycles. The number of hydrogen-bond donors (Lipinski definition) is 2. The zero-order valence-electron chi connectivity index (χ0n) is 10.3. The van der Waals surface area contributed by atoms with Crippen LogP contribution in [0.5, 0.6) is 0 Å². The van der Waals surface area contributed by atoms with Crippen LogP contribution in [-0.2, 0) is 9.53 Å². The van der Waals surface area contributed by atoms with E-state index in [2.05, 4.69) is 0 Å². The van der Waals surface area contributed by atoms with Crippen molar-refractivity contribution in [2.45, 2.75) is 51.4 Å². The van der Waals surface area contributed by atoms with E-state index in [1.54, 1.807) is 20.8 Å². The number of likely N-dealkylation sites (tertiary alicyclic amines) is 1. The molecule has 0 aliphatic carbocycles. The van der Waals surface area contributed by atoms with Crippen molar-refractivity contribution in [2.24, 2.45) is 0 Å². The molecule has 0 unspecified atom stereocenters. The van der Waals surface area contributed by atoms with Gasteiger partial charge in [0.2, 0.25) is 0 Å². The molecule has 0 aromatic carbocycles. The van der Waals surface area contributed by atoms with Crippen molar-refractivity contribution in [3.05, 3.63) is 0 Å². The van der Waals surface area contributed by atoms with E-state index in [0.29, 0.717) is 6.42 Å². The second-order valence-corrected chi connectivity index (χ2v) is 5.22. The van der Waals surface area contributed by atoms with Gasteiger partial charge in [0.15, 0.2) is 0 Å². The molecule has 0 saturated carbocycles. The van der Waals surface area contributed by atoms with Crippen LogP contribution in [0.2, 0.25) is 0 Å². The number of rotatable bonds is 1. The number of aliphatic hydroxyl groups is 1. The van der Waals surface area contributed by atoms with Crippen molar-refractivity contribution in [3.63, 3.8) is 0 Å². The Labute approximate surface area is 100 Å². The van der Waals surface area contributed by atoms with Crippen LogP contribution in [-0.4, -0.2) is 51.5 Å². The summed E-state index contributed by atoms with van der Waals surface area (Å²) in [5.41, 5.74) is -0.678. The summed E-state index contributed by atoms with van der Waals surface area (Å²) in [5, 5.41) is 18.5. The molecule has 1 fully saturated rings. The number of amides is 1. The number of carbonyl (C=O) groups excluding carboxylic acids is 1. The molecule has 6 nitrogen and oxygen atoms in total. The number of carboxylic acid groups (broad SMARTS) is 1. The first-order chi connectivity index (χ1) is 7.70. The van der Waals surface area contributed by atoms with E-state index in [1.807, 2.05) is 0 Å². The number of carbonyl (C=O) groups is 2. The van der Waals surface area contributed by atoms with E-state index < -0.39 is 29.8 Å². The average Bonchev–Trinajstić information content (AvgIpc) is 2.14. The van der Waals surface area contributed by atoms with E-state index in [-0.39, 0.29) is 13.0 Å². The summed E-state index contributed by atoms with van der Waals surface area (Å²) in [6.07, 6.45) is -0.742. The van der Waals surface area contributed by atoms with Gasteiger partial charge in [-0.05, 0) is 33.6 Å². The molecule has 0 aromatic heterocycles. The lowest BCUT2D eigenvalue weighted by atomic mass is 10.0. The minimum absolute atomic E-state index is 0.00583. The molecular formula is C11H19NO5. The molecule has 2 N–H and O–H groups in total. The van der Waals surface area contributed by atoms with Gasteiger partial charge < -0.3 is 14.9 Å². The topological polar surface area (TPSA) is 87.1 Å². The van der Waals surface area contributed by atoms with E-state index in [9.17, 15) is 14.7 Å². The van der Waals surface area contributed by atoms with Gasteiger partial charge in [0, 0.05) is 0 Å². The molecular weight excluding hydrogens is 226 g/mol. The monoisotopic (exact) mass is 245 g/mol. The van der Waals surface area contributed by atoms with Crippen molar-refractivity contribution in [1.29, 1.82) is 0 Å². The molecule has 17 heavy (non-hydrogen) atoms. The van der Waals surface area contributed by atoms with Gasteiger partial charge in [-0.3, -0.25) is 4.90 Å². The third-order valence-corrected chi connectivity index (χ3v) is 2.47. The first-order valence-electron chi connectivity index (χ1n) is 5.61.